The maximum Gasteiger partial charge on any atom is 0.270 e. The molecule has 0 unspecified atom stereocenters. The van der Waals surface area contributed by atoms with Crippen molar-refractivity contribution in [1.82, 2.24) is 14.5 Å². The summed E-state index contributed by atoms with van der Waals surface area (Å²) in [6.07, 6.45) is 2.42. The van der Waals surface area contributed by atoms with Crippen molar-refractivity contribution >= 4 is 11.2 Å². The van der Waals surface area contributed by atoms with Crippen LogP contribution in [0.5, 0.6) is 5.88 Å². The smallest absolute Gasteiger partial charge is 0.270 e. The molecule has 0 saturated carbocycles. The SMILES string of the molecule is COc1ccc2ncc(=O)n(CC[C@@H]3CO3)c2n1. The molecule has 6 heteroatoms. The van der Waals surface area contributed by atoms with E-state index in [0.717, 1.165) is 13.0 Å². The van der Waals surface area contributed by atoms with E-state index < -0.39 is 0 Å². The third-order valence-electron chi connectivity index (χ3n) is 2.95. The lowest BCUT2D eigenvalue weighted by atomic mass is 10.3. The summed E-state index contributed by atoms with van der Waals surface area (Å²) in [5.74, 6) is 0.478. The van der Waals surface area contributed by atoms with Crippen molar-refractivity contribution < 1.29 is 9.47 Å². The Morgan fingerprint density at radius 2 is 2.39 bits per heavy atom. The number of methoxy groups -OCH3 is 1. The second-order valence-corrected chi connectivity index (χ2v) is 4.19. The van der Waals surface area contributed by atoms with Gasteiger partial charge in [-0.15, -0.1) is 0 Å². The Morgan fingerprint density at radius 1 is 1.56 bits per heavy atom. The van der Waals surface area contributed by atoms with E-state index in [0.29, 0.717) is 23.6 Å². The van der Waals surface area contributed by atoms with Gasteiger partial charge in [-0.3, -0.25) is 9.36 Å². The minimum absolute atomic E-state index is 0.149. The highest BCUT2D eigenvalue weighted by atomic mass is 16.6. The molecule has 1 saturated heterocycles. The van der Waals surface area contributed by atoms with Crippen molar-refractivity contribution in [3.63, 3.8) is 0 Å². The molecule has 3 rings (SSSR count). The van der Waals surface area contributed by atoms with Gasteiger partial charge in [0.2, 0.25) is 5.88 Å². The average molecular weight is 247 g/mol. The van der Waals surface area contributed by atoms with Gasteiger partial charge in [0.1, 0.15) is 5.52 Å². The zero-order chi connectivity index (χ0) is 12.5. The second-order valence-electron chi connectivity index (χ2n) is 4.19. The van der Waals surface area contributed by atoms with Crippen LogP contribution in [0.25, 0.3) is 11.2 Å². The van der Waals surface area contributed by atoms with Gasteiger partial charge >= 0.3 is 0 Å². The van der Waals surface area contributed by atoms with Crippen LogP contribution in [0.15, 0.2) is 23.1 Å². The van der Waals surface area contributed by atoms with E-state index in [4.69, 9.17) is 9.47 Å². The molecule has 2 aromatic rings. The number of nitrogens with zero attached hydrogens (tertiary/aromatic N) is 3. The number of hydrogen-bond acceptors (Lipinski definition) is 5. The number of epoxide rings is 1. The average Bonchev–Trinajstić information content (AvgIpc) is 3.21. The number of ether oxygens (including phenoxy) is 2. The van der Waals surface area contributed by atoms with Crippen LogP contribution in [0, 0.1) is 0 Å². The van der Waals surface area contributed by atoms with Crippen molar-refractivity contribution in [2.75, 3.05) is 13.7 Å². The molecule has 1 atom stereocenters. The van der Waals surface area contributed by atoms with Gasteiger partial charge in [0, 0.05) is 12.6 Å². The summed E-state index contributed by atoms with van der Waals surface area (Å²) in [5, 5.41) is 0. The third kappa shape index (κ3) is 2.06. The Hall–Kier alpha value is -1.95. The topological polar surface area (TPSA) is 69.5 Å². The van der Waals surface area contributed by atoms with Crippen LogP contribution in [0.1, 0.15) is 6.42 Å². The summed E-state index contributed by atoms with van der Waals surface area (Å²) in [7, 11) is 1.55. The molecule has 6 nitrogen and oxygen atoms in total. The molecule has 1 aliphatic rings. The zero-order valence-corrected chi connectivity index (χ0v) is 10.00. The van der Waals surface area contributed by atoms with E-state index in [-0.39, 0.29) is 11.7 Å². The Kier molecular flexibility index (Phi) is 2.71. The van der Waals surface area contributed by atoms with Crippen LogP contribution in [-0.2, 0) is 11.3 Å². The Labute approximate surface area is 103 Å². The largest absolute Gasteiger partial charge is 0.481 e. The van der Waals surface area contributed by atoms with Gasteiger partial charge in [0.05, 0.1) is 26.0 Å². The quantitative estimate of drug-likeness (QED) is 0.739. The predicted molar refractivity (Wildman–Crippen MR) is 64.7 cm³/mol. The first-order chi connectivity index (χ1) is 8.78. The Bertz CT molecular complexity index is 634. The maximum atomic E-state index is 11.8. The molecular formula is C12H13N3O3. The van der Waals surface area contributed by atoms with Crippen LogP contribution in [-0.4, -0.2) is 34.4 Å². The molecule has 3 heterocycles. The minimum atomic E-state index is -0.149. The number of rotatable bonds is 4. The van der Waals surface area contributed by atoms with Crippen LogP contribution >= 0.6 is 0 Å². The Morgan fingerprint density at radius 3 is 3.11 bits per heavy atom. The first-order valence-corrected chi connectivity index (χ1v) is 5.80. The molecule has 2 aromatic heterocycles. The lowest BCUT2D eigenvalue weighted by Crippen LogP contribution is -2.22. The molecule has 0 bridgehead atoms. The summed E-state index contributed by atoms with van der Waals surface area (Å²) >= 11 is 0. The highest BCUT2D eigenvalue weighted by Gasteiger charge is 2.22. The van der Waals surface area contributed by atoms with E-state index in [1.165, 1.54) is 6.20 Å². The van der Waals surface area contributed by atoms with Crippen LogP contribution in [0.4, 0.5) is 0 Å². The predicted octanol–water partition coefficient (Wildman–Crippen LogP) is 0.589. The first-order valence-electron chi connectivity index (χ1n) is 5.80. The normalized spacial score (nSPS) is 17.9. The minimum Gasteiger partial charge on any atom is -0.481 e. The van der Waals surface area contributed by atoms with Crippen LogP contribution in [0.2, 0.25) is 0 Å². The fourth-order valence-corrected chi connectivity index (χ4v) is 1.86. The first kappa shape index (κ1) is 11.2. The lowest BCUT2D eigenvalue weighted by Gasteiger charge is -2.08. The van der Waals surface area contributed by atoms with E-state index in [9.17, 15) is 4.79 Å². The number of pyridine rings is 1. The van der Waals surface area contributed by atoms with Crippen molar-refractivity contribution in [2.24, 2.45) is 0 Å². The van der Waals surface area contributed by atoms with Gasteiger partial charge in [0.25, 0.3) is 5.56 Å². The van der Waals surface area contributed by atoms with E-state index in [1.54, 1.807) is 23.8 Å². The fourth-order valence-electron chi connectivity index (χ4n) is 1.86. The lowest BCUT2D eigenvalue weighted by molar-refractivity contribution is 0.383. The second kappa shape index (κ2) is 4.38. The molecule has 0 amide bonds. The molecule has 1 fully saturated rings. The Balaban J connectivity index is 2.06. The standard InChI is InChI=1S/C12H13N3O3/c1-17-10-3-2-9-12(14-10)15(11(16)6-13-9)5-4-8-7-18-8/h2-3,6,8H,4-5,7H2,1H3/t8-/m1/s1. The molecule has 0 radical (unpaired) electrons. The van der Waals surface area contributed by atoms with Gasteiger partial charge in [-0.2, -0.15) is 4.98 Å². The summed E-state index contributed by atoms with van der Waals surface area (Å²) < 4.78 is 11.8. The van der Waals surface area contributed by atoms with Gasteiger partial charge in [-0.1, -0.05) is 0 Å². The highest BCUT2D eigenvalue weighted by Crippen LogP contribution is 2.16. The van der Waals surface area contributed by atoms with Crippen molar-refractivity contribution in [3.8, 4) is 5.88 Å². The molecule has 0 spiro atoms. The van der Waals surface area contributed by atoms with Gasteiger partial charge < -0.3 is 9.47 Å². The molecule has 0 aromatic carbocycles. The number of fused-ring (bicyclic) bond motifs is 1. The van der Waals surface area contributed by atoms with E-state index in [2.05, 4.69) is 9.97 Å². The van der Waals surface area contributed by atoms with E-state index in [1.807, 2.05) is 0 Å². The molecule has 18 heavy (non-hydrogen) atoms. The maximum absolute atomic E-state index is 11.8. The summed E-state index contributed by atoms with van der Waals surface area (Å²) in [6.45, 7) is 1.37. The highest BCUT2D eigenvalue weighted by molar-refractivity contribution is 5.70. The van der Waals surface area contributed by atoms with Crippen molar-refractivity contribution in [2.45, 2.75) is 19.1 Å². The van der Waals surface area contributed by atoms with E-state index >= 15 is 0 Å². The summed E-state index contributed by atoms with van der Waals surface area (Å²) in [5.41, 5.74) is 1.10. The molecule has 94 valence electrons. The van der Waals surface area contributed by atoms with Gasteiger partial charge in [0.15, 0.2) is 5.65 Å². The number of hydrogen-bond donors (Lipinski definition) is 0. The third-order valence-corrected chi connectivity index (χ3v) is 2.95. The fraction of sp³-hybridized carbons (Fsp3) is 0.417. The van der Waals surface area contributed by atoms with Crippen molar-refractivity contribution in [1.29, 1.82) is 0 Å². The van der Waals surface area contributed by atoms with Crippen LogP contribution in [0.3, 0.4) is 0 Å². The number of aromatic nitrogens is 3. The van der Waals surface area contributed by atoms with Crippen molar-refractivity contribution in [3.05, 3.63) is 28.7 Å². The molecule has 0 aliphatic carbocycles. The van der Waals surface area contributed by atoms with Crippen LogP contribution < -0.4 is 10.3 Å². The summed E-state index contributed by atoms with van der Waals surface area (Å²) in [6, 6.07) is 3.53. The molecule has 0 N–H and O–H groups in total. The molecular weight excluding hydrogens is 234 g/mol. The monoisotopic (exact) mass is 247 g/mol. The summed E-state index contributed by atoms with van der Waals surface area (Å²) in [4.78, 5) is 20.2. The number of aryl methyl sites for hydroxylation is 1. The zero-order valence-electron chi connectivity index (χ0n) is 10.00. The van der Waals surface area contributed by atoms with Gasteiger partial charge in [-0.05, 0) is 12.5 Å². The molecule has 1 aliphatic heterocycles. The van der Waals surface area contributed by atoms with Gasteiger partial charge in [-0.25, -0.2) is 4.98 Å².